The molecule has 0 N–H and O–H groups in total. The van der Waals surface area contributed by atoms with Gasteiger partial charge in [0.15, 0.2) is 0 Å². The van der Waals surface area contributed by atoms with Gasteiger partial charge in [0.05, 0.1) is 6.04 Å². The zero-order chi connectivity index (χ0) is 13.8. The number of nitrogens with zero attached hydrogens (tertiary/aromatic N) is 1. The summed E-state index contributed by atoms with van der Waals surface area (Å²) in [5.74, 6) is 0. The minimum Gasteiger partial charge on any atom is -0.285 e. The molecular weight excluding hydrogens is 277 g/mol. The molecule has 0 aromatic heterocycles. The summed E-state index contributed by atoms with van der Waals surface area (Å²) < 4.78 is 0. The summed E-state index contributed by atoms with van der Waals surface area (Å²) in [4.78, 5) is 4.53. The fourth-order valence-electron chi connectivity index (χ4n) is 1.77. The number of hydrogen-bond acceptors (Lipinski definition) is 1. The van der Waals surface area contributed by atoms with Gasteiger partial charge in [-0.2, -0.15) is 0 Å². The van der Waals surface area contributed by atoms with Crippen LogP contribution in [0.15, 0.2) is 47.5 Å². The van der Waals surface area contributed by atoms with E-state index in [4.69, 9.17) is 23.2 Å². The zero-order valence-electron chi connectivity index (χ0n) is 10.9. The second kappa shape index (κ2) is 6.23. The maximum absolute atomic E-state index is 6.17. The molecule has 0 bridgehead atoms. The van der Waals surface area contributed by atoms with Crippen molar-refractivity contribution in [3.05, 3.63) is 69.2 Å². The summed E-state index contributed by atoms with van der Waals surface area (Å²) in [7, 11) is 0. The summed E-state index contributed by atoms with van der Waals surface area (Å²) >= 11 is 12.1. The SMILES string of the molecule is Cc1ccc(/C=N\C(C)c2ccc(Cl)cc2Cl)cc1. The monoisotopic (exact) mass is 291 g/mol. The van der Waals surface area contributed by atoms with E-state index in [1.807, 2.05) is 25.3 Å². The molecule has 0 saturated heterocycles. The Morgan fingerprint density at radius 1 is 1.05 bits per heavy atom. The van der Waals surface area contributed by atoms with Crippen molar-refractivity contribution in [2.45, 2.75) is 19.9 Å². The summed E-state index contributed by atoms with van der Waals surface area (Å²) in [6, 6.07) is 13.7. The molecule has 0 aliphatic heterocycles. The molecule has 1 unspecified atom stereocenters. The van der Waals surface area contributed by atoms with Gasteiger partial charge in [0.1, 0.15) is 0 Å². The Balaban J connectivity index is 2.16. The number of aliphatic imine (C=N–C) groups is 1. The average Bonchev–Trinajstić information content (AvgIpc) is 2.37. The Morgan fingerprint density at radius 3 is 2.37 bits per heavy atom. The van der Waals surface area contributed by atoms with E-state index in [9.17, 15) is 0 Å². The van der Waals surface area contributed by atoms with Crippen LogP contribution in [0.4, 0.5) is 0 Å². The van der Waals surface area contributed by atoms with Crippen molar-refractivity contribution in [1.29, 1.82) is 0 Å². The maximum atomic E-state index is 6.17. The van der Waals surface area contributed by atoms with E-state index in [2.05, 4.69) is 36.2 Å². The van der Waals surface area contributed by atoms with Gasteiger partial charge in [0.25, 0.3) is 0 Å². The third kappa shape index (κ3) is 3.82. The van der Waals surface area contributed by atoms with E-state index < -0.39 is 0 Å². The Morgan fingerprint density at radius 2 is 1.74 bits per heavy atom. The maximum Gasteiger partial charge on any atom is 0.0735 e. The number of aryl methyl sites for hydroxylation is 1. The molecule has 1 atom stereocenters. The predicted molar refractivity (Wildman–Crippen MR) is 83.7 cm³/mol. The average molecular weight is 292 g/mol. The summed E-state index contributed by atoms with van der Waals surface area (Å²) in [6.45, 7) is 4.08. The lowest BCUT2D eigenvalue weighted by Crippen LogP contribution is -1.92. The van der Waals surface area contributed by atoms with Gasteiger partial charge in [-0.05, 0) is 37.1 Å². The molecule has 0 fully saturated rings. The summed E-state index contributed by atoms with van der Waals surface area (Å²) in [5, 5.41) is 1.30. The third-order valence-corrected chi connectivity index (χ3v) is 3.50. The molecule has 19 heavy (non-hydrogen) atoms. The molecule has 0 aliphatic rings. The Kier molecular flexibility index (Phi) is 4.62. The standard InChI is InChI=1S/C16H15Cl2N/c1-11-3-5-13(6-4-11)10-19-12(2)15-8-7-14(17)9-16(15)18/h3-10,12H,1-2H3/b19-10-. The second-order valence-corrected chi connectivity index (χ2v) is 5.37. The third-order valence-electron chi connectivity index (χ3n) is 2.94. The quantitative estimate of drug-likeness (QED) is 0.664. The smallest absolute Gasteiger partial charge is 0.0735 e. The van der Waals surface area contributed by atoms with E-state index in [1.54, 1.807) is 6.07 Å². The molecule has 0 spiro atoms. The molecular formula is C16H15Cl2N. The predicted octanol–water partition coefficient (Wildman–Crippen LogP) is 5.48. The van der Waals surface area contributed by atoms with Crippen LogP contribution < -0.4 is 0 Å². The van der Waals surface area contributed by atoms with Gasteiger partial charge < -0.3 is 0 Å². The van der Waals surface area contributed by atoms with Crippen LogP contribution >= 0.6 is 23.2 Å². The number of hydrogen-bond donors (Lipinski definition) is 0. The van der Waals surface area contributed by atoms with E-state index in [1.165, 1.54) is 5.56 Å². The Labute approximate surface area is 123 Å². The van der Waals surface area contributed by atoms with Crippen molar-refractivity contribution < 1.29 is 0 Å². The Bertz CT molecular complexity index is 588. The fourth-order valence-corrected chi connectivity index (χ4v) is 2.34. The molecule has 0 radical (unpaired) electrons. The number of halogens is 2. The van der Waals surface area contributed by atoms with Gasteiger partial charge in [-0.3, -0.25) is 4.99 Å². The zero-order valence-corrected chi connectivity index (χ0v) is 12.4. The first-order valence-corrected chi connectivity index (χ1v) is 6.86. The van der Waals surface area contributed by atoms with Gasteiger partial charge in [-0.25, -0.2) is 0 Å². The highest BCUT2D eigenvalue weighted by Gasteiger charge is 2.07. The Hall–Kier alpha value is -1.31. The highest BCUT2D eigenvalue weighted by molar-refractivity contribution is 6.35. The molecule has 2 aromatic rings. The van der Waals surface area contributed by atoms with E-state index in [0.29, 0.717) is 10.0 Å². The van der Waals surface area contributed by atoms with Crippen LogP contribution in [-0.2, 0) is 0 Å². The van der Waals surface area contributed by atoms with Gasteiger partial charge >= 0.3 is 0 Å². The first kappa shape index (κ1) is 14.1. The lowest BCUT2D eigenvalue weighted by atomic mass is 10.1. The molecule has 2 aromatic carbocycles. The summed E-state index contributed by atoms with van der Waals surface area (Å²) in [6.07, 6.45) is 1.87. The highest BCUT2D eigenvalue weighted by atomic mass is 35.5. The van der Waals surface area contributed by atoms with Gasteiger partial charge in [-0.1, -0.05) is 59.1 Å². The van der Waals surface area contributed by atoms with Crippen molar-refractivity contribution in [3.8, 4) is 0 Å². The van der Waals surface area contributed by atoms with Crippen LogP contribution in [0.25, 0.3) is 0 Å². The minimum absolute atomic E-state index is 0.00562. The highest BCUT2D eigenvalue weighted by Crippen LogP contribution is 2.28. The molecule has 98 valence electrons. The second-order valence-electron chi connectivity index (χ2n) is 4.53. The molecule has 0 saturated carbocycles. The van der Waals surface area contributed by atoms with Crippen molar-refractivity contribution in [3.63, 3.8) is 0 Å². The minimum atomic E-state index is 0.00562. The molecule has 0 aliphatic carbocycles. The lowest BCUT2D eigenvalue weighted by Gasteiger charge is -2.09. The first-order chi connectivity index (χ1) is 9.06. The molecule has 2 rings (SSSR count). The van der Waals surface area contributed by atoms with Gasteiger partial charge in [0.2, 0.25) is 0 Å². The van der Waals surface area contributed by atoms with Crippen LogP contribution in [0.2, 0.25) is 10.0 Å². The van der Waals surface area contributed by atoms with E-state index in [-0.39, 0.29) is 6.04 Å². The van der Waals surface area contributed by atoms with Crippen LogP contribution in [0.3, 0.4) is 0 Å². The molecule has 1 nitrogen and oxygen atoms in total. The van der Waals surface area contributed by atoms with E-state index in [0.717, 1.165) is 11.1 Å². The normalized spacial score (nSPS) is 12.8. The van der Waals surface area contributed by atoms with Gasteiger partial charge in [-0.15, -0.1) is 0 Å². The van der Waals surface area contributed by atoms with Crippen LogP contribution in [-0.4, -0.2) is 6.21 Å². The summed E-state index contributed by atoms with van der Waals surface area (Å²) in [5.41, 5.74) is 3.31. The van der Waals surface area contributed by atoms with Crippen molar-refractivity contribution in [2.24, 2.45) is 4.99 Å². The van der Waals surface area contributed by atoms with Crippen LogP contribution in [0.1, 0.15) is 29.7 Å². The van der Waals surface area contributed by atoms with Crippen molar-refractivity contribution in [2.75, 3.05) is 0 Å². The largest absolute Gasteiger partial charge is 0.285 e. The van der Waals surface area contributed by atoms with Crippen LogP contribution in [0, 0.1) is 6.92 Å². The topological polar surface area (TPSA) is 12.4 Å². The number of benzene rings is 2. The molecule has 3 heteroatoms. The van der Waals surface area contributed by atoms with E-state index >= 15 is 0 Å². The van der Waals surface area contributed by atoms with Crippen molar-refractivity contribution in [1.82, 2.24) is 0 Å². The van der Waals surface area contributed by atoms with Gasteiger partial charge in [0, 0.05) is 16.3 Å². The number of rotatable bonds is 3. The van der Waals surface area contributed by atoms with Crippen LogP contribution in [0.5, 0.6) is 0 Å². The van der Waals surface area contributed by atoms with Crippen molar-refractivity contribution >= 4 is 29.4 Å². The molecule has 0 amide bonds. The fraction of sp³-hybridized carbons (Fsp3) is 0.188. The molecule has 0 heterocycles. The first-order valence-electron chi connectivity index (χ1n) is 6.11. The lowest BCUT2D eigenvalue weighted by molar-refractivity contribution is 0.825.